The second kappa shape index (κ2) is 12.7. The summed E-state index contributed by atoms with van der Waals surface area (Å²) in [6.45, 7) is 12.6. The van der Waals surface area contributed by atoms with Gasteiger partial charge in [0.15, 0.2) is 0 Å². The van der Waals surface area contributed by atoms with Crippen molar-refractivity contribution in [1.29, 1.82) is 0 Å². The zero-order chi connectivity index (χ0) is 27.1. The van der Waals surface area contributed by atoms with Crippen molar-refractivity contribution in [2.75, 3.05) is 44.2 Å². The fraction of sp³-hybridized carbons (Fsp3) is 0.517. The minimum absolute atomic E-state index is 0. The summed E-state index contributed by atoms with van der Waals surface area (Å²) in [5.74, 6) is 0.870. The number of carbonyl (C=O) groups is 1. The van der Waals surface area contributed by atoms with E-state index in [2.05, 4.69) is 56.7 Å². The first-order valence-electron chi connectivity index (χ1n) is 13.9. The number of halogens is 3. The molecule has 1 aromatic carbocycles. The lowest BCUT2D eigenvalue weighted by molar-refractivity contribution is -0.120. The number of hydrogen-bond acceptors (Lipinski definition) is 7. The summed E-state index contributed by atoms with van der Waals surface area (Å²) >= 11 is 0. The van der Waals surface area contributed by atoms with Crippen molar-refractivity contribution < 1.29 is 9.18 Å². The van der Waals surface area contributed by atoms with Crippen LogP contribution in [0.2, 0.25) is 0 Å². The number of piperazine rings is 1. The molecule has 0 saturated carbocycles. The Hall–Kier alpha value is -2.63. The number of rotatable bonds is 6. The van der Waals surface area contributed by atoms with Crippen molar-refractivity contribution in [3.63, 3.8) is 0 Å². The summed E-state index contributed by atoms with van der Waals surface area (Å²) in [5, 5.41) is 11.9. The van der Waals surface area contributed by atoms with Gasteiger partial charge in [0.1, 0.15) is 18.0 Å². The van der Waals surface area contributed by atoms with E-state index in [1.807, 2.05) is 11.1 Å². The molecule has 1 fully saturated rings. The molecule has 3 aromatic rings. The topological polar surface area (TPSA) is 82.4 Å². The summed E-state index contributed by atoms with van der Waals surface area (Å²) in [4.78, 5) is 25.4. The normalized spacial score (nSPS) is 21.9. The lowest BCUT2D eigenvalue weighted by Crippen LogP contribution is -2.61. The van der Waals surface area contributed by atoms with Crippen LogP contribution >= 0.6 is 24.8 Å². The second-order valence-corrected chi connectivity index (χ2v) is 11.9. The zero-order valence-corrected chi connectivity index (χ0v) is 25.4. The van der Waals surface area contributed by atoms with Gasteiger partial charge >= 0.3 is 0 Å². The first kappa shape index (κ1) is 31.3. The van der Waals surface area contributed by atoms with Gasteiger partial charge in [-0.05, 0) is 42.7 Å². The van der Waals surface area contributed by atoms with Gasteiger partial charge in [-0.2, -0.15) is 0 Å². The Kier molecular flexibility index (Phi) is 9.70. The van der Waals surface area contributed by atoms with Crippen molar-refractivity contribution in [3.8, 4) is 0 Å². The number of pyridine rings is 1. The Balaban J connectivity index is 0.00000194. The summed E-state index contributed by atoms with van der Waals surface area (Å²) in [5.41, 5.74) is 3.67. The number of amides is 1. The number of nitrogens with zero attached hydrogens (tertiary/aromatic N) is 7. The highest BCUT2D eigenvalue weighted by Gasteiger charge is 2.41. The summed E-state index contributed by atoms with van der Waals surface area (Å²) in [6.07, 6.45) is 4.34. The summed E-state index contributed by atoms with van der Waals surface area (Å²) < 4.78 is 15.5. The number of fused-ring (bicyclic) bond motifs is 2. The molecular formula is C29H39Cl2FN8O. The Morgan fingerprint density at radius 3 is 2.71 bits per heavy atom. The maximum atomic E-state index is 13.9. The van der Waals surface area contributed by atoms with Crippen molar-refractivity contribution in [2.24, 2.45) is 0 Å². The predicted octanol–water partition coefficient (Wildman–Crippen LogP) is 3.05. The smallest absolute Gasteiger partial charge is 0.241 e. The highest BCUT2D eigenvalue weighted by molar-refractivity contribution is 5.97. The number of hydrogen-bond donors (Lipinski definition) is 1. The molecule has 2 aromatic heterocycles. The zero-order valence-electron chi connectivity index (χ0n) is 23.8. The van der Waals surface area contributed by atoms with Crippen molar-refractivity contribution in [3.05, 3.63) is 71.3 Å². The largest absolute Gasteiger partial charge is 0.315 e. The van der Waals surface area contributed by atoms with Crippen molar-refractivity contribution in [2.45, 2.75) is 57.8 Å². The molecule has 5 heterocycles. The quantitative estimate of drug-likeness (QED) is 0.463. The molecule has 12 heteroatoms. The molecule has 41 heavy (non-hydrogen) atoms. The van der Waals surface area contributed by atoms with Crippen LogP contribution in [0.1, 0.15) is 43.4 Å². The average molecular weight is 606 g/mol. The number of benzene rings is 1. The monoisotopic (exact) mass is 604 g/mol. The number of anilines is 1. The highest BCUT2D eigenvalue weighted by Crippen LogP contribution is 2.39. The van der Waals surface area contributed by atoms with Crippen LogP contribution in [0.15, 0.2) is 42.9 Å². The molecule has 1 N–H and O–H groups in total. The average Bonchev–Trinajstić information content (AvgIpc) is 3.48. The molecule has 0 bridgehead atoms. The van der Waals surface area contributed by atoms with Gasteiger partial charge in [0.05, 0.1) is 24.5 Å². The Morgan fingerprint density at radius 1 is 1.15 bits per heavy atom. The van der Waals surface area contributed by atoms with Crippen molar-refractivity contribution in [1.82, 2.24) is 34.9 Å². The standard InChI is InChI=1S/C29H37FN8O.2ClH/c1-20-14-37(24(13-31-20)15-35-8-9-36-19-33-34-26(36)16-35)17-27(39)38-18-29(2,3)28-25(38)11-22(12-32-28)10-21-4-6-23(30)7-5-21;;/h4-7,11-12,19-20,24,31H,8-10,13-18H2,1-3H3;2*1H/t20-,24-;;/m1../s1. The van der Waals surface area contributed by atoms with Crippen LogP contribution in [0, 0.1) is 5.82 Å². The van der Waals surface area contributed by atoms with E-state index in [0.717, 1.165) is 67.6 Å². The Labute approximate surface area is 253 Å². The fourth-order valence-corrected chi connectivity index (χ4v) is 6.17. The van der Waals surface area contributed by atoms with Crippen LogP contribution in [0.3, 0.4) is 0 Å². The van der Waals surface area contributed by atoms with E-state index < -0.39 is 0 Å². The fourth-order valence-electron chi connectivity index (χ4n) is 6.17. The maximum absolute atomic E-state index is 13.9. The molecule has 3 aliphatic rings. The predicted molar refractivity (Wildman–Crippen MR) is 161 cm³/mol. The van der Waals surface area contributed by atoms with Gasteiger partial charge < -0.3 is 14.8 Å². The van der Waals surface area contributed by atoms with Crippen LogP contribution < -0.4 is 10.2 Å². The van der Waals surface area contributed by atoms with E-state index in [9.17, 15) is 9.18 Å². The van der Waals surface area contributed by atoms with Crippen LogP contribution in [0.4, 0.5) is 10.1 Å². The molecule has 9 nitrogen and oxygen atoms in total. The van der Waals surface area contributed by atoms with E-state index >= 15 is 0 Å². The maximum Gasteiger partial charge on any atom is 0.241 e. The molecule has 222 valence electrons. The Morgan fingerprint density at radius 2 is 1.93 bits per heavy atom. The summed E-state index contributed by atoms with van der Waals surface area (Å²) in [7, 11) is 0. The molecule has 3 aliphatic heterocycles. The van der Waals surface area contributed by atoms with Gasteiger partial charge in [0, 0.05) is 63.0 Å². The molecule has 1 amide bonds. The molecule has 0 radical (unpaired) electrons. The van der Waals surface area contributed by atoms with Crippen LogP contribution in [-0.4, -0.2) is 86.8 Å². The van der Waals surface area contributed by atoms with Crippen molar-refractivity contribution >= 4 is 36.4 Å². The van der Waals surface area contributed by atoms with Gasteiger partial charge in [-0.25, -0.2) is 4.39 Å². The van der Waals surface area contributed by atoms with Gasteiger partial charge in [-0.1, -0.05) is 26.0 Å². The first-order valence-corrected chi connectivity index (χ1v) is 13.9. The SMILES string of the molecule is C[C@@H]1CN(CC(=O)N2CC(C)(C)c3ncc(Cc4ccc(F)cc4)cc32)[C@@H](CN2CCn3cnnc3C2)CN1.Cl.Cl. The number of aromatic nitrogens is 4. The van der Waals surface area contributed by atoms with E-state index in [1.165, 1.54) is 12.1 Å². The molecule has 0 unspecified atom stereocenters. The van der Waals surface area contributed by atoms with Crippen LogP contribution in [-0.2, 0) is 29.7 Å². The molecule has 2 atom stereocenters. The minimum Gasteiger partial charge on any atom is -0.315 e. The number of carbonyl (C=O) groups excluding carboxylic acids is 1. The molecule has 1 saturated heterocycles. The van der Waals surface area contributed by atoms with E-state index in [-0.39, 0.29) is 48.0 Å². The number of nitrogens with one attached hydrogen (secondary N) is 1. The van der Waals surface area contributed by atoms with Crippen LogP contribution in [0.5, 0.6) is 0 Å². The Bertz CT molecular complexity index is 1350. The lowest BCUT2D eigenvalue weighted by atomic mass is 9.91. The van der Waals surface area contributed by atoms with Gasteiger partial charge in [0.2, 0.25) is 5.91 Å². The summed E-state index contributed by atoms with van der Waals surface area (Å²) in [6, 6.07) is 9.21. The highest BCUT2D eigenvalue weighted by atomic mass is 35.5. The third kappa shape index (κ3) is 6.73. The molecular weight excluding hydrogens is 566 g/mol. The molecule has 6 rings (SSSR count). The van der Waals surface area contributed by atoms with E-state index in [0.29, 0.717) is 25.6 Å². The van der Waals surface area contributed by atoms with Gasteiger partial charge in [-0.3, -0.25) is 19.6 Å². The lowest BCUT2D eigenvalue weighted by Gasteiger charge is -2.42. The van der Waals surface area contributed by atoms with Gasteiger partial charge in [0.25, 0.3) is 0 Å². The molecule has 0 aliphatic carbocycles. The van der Waals surface area contributed by atoms with E-state index in [4.69, 9.17) is 4.98 Å². The molecule has 0 spiro atoms. The van der Waals surface area contributed by atoms with E-state index in [1.54, 1.807) is 18.5 Å². The third-order valence-corrected chi connectivity index (χ3v) is 8.28. The third-order valence-electron chi connectivity index (χ3n) is 8.28. The second-order valence-electron chi connectivity index (χ2n) is 11.9. The van der Waals surface area contributed by atoms with Crippen LogP contribution in [0.25, 0.3) is 0 Å². The first-order chi connectivity index (χ1) is 18.7. The van der Waals surface area contributed by atoms with Gasteiger partial charge in [-0.15, -0.1) is 35.0 Å². The minimum atomic E-state index is -0.242.